The van der Waals surface area contributed by atoms with Gasteiger partial charge >= 0.3 is 11.9 Å². The number of phenols is 1. The number of aliphatic carboxylic acids is 2. The Morgan fingerprint density at radius 3 is 1.90 bits per heavy atom. The first-order chi connectivity index (χ1) is 55.0. The molecule has 14 amide bonds. The van der Waals surface area contributed by atoms with Crippen molar-refractivity contribution in [3.8, 4) is 5.75 Å². The van der Waals surface area contributed by atoms with Gasteiger partial charge in [-0.05, 0) is 106 Å². The molecule has 3 fully saturated rings. The van der Waals surface area contributed by atoms with Gasteiger partial charge in [0.1, 0.15) is 84.3 Å². The van der Waals surface area contributed by atoms with Crippen molar-refractivity contribution in [3.63, 3.8) is 0 Å². The van der Waals surface area contributed by atoms with Crippen molar-refractivity contribution in [2.75, 3.05) is 31.1 Å². The molecule has 0 bridgehead atoms. The molecule has 0 spiro atoms. The van der Waals surface area contributed by atoms with Crippen LogP contribution in [0.5, 0.6) is 5.75 Å². The lowest BCUT2D eigenvalue weighted by Crippen LogP contribution is -2.61. The van der Waals surface area contributed by atoms with E-state index in [0.717, 1.165) is 26.5 Å². The fourth-order valence-corrected chi connectivity index (χ4v) is 15.4. The number of likely N-dealkylation sites (tertiary alicyclic amines) is 1. The number of benzene rings is 3. The van der Waals surface area contributed by atoms with Crippen molar-refractivity contribution >= 4 is 127 Å². The number of rotatable bonds is 33. The lowest BCUT2D eigenvalue weighted by Gasteiger charge is -2.30. The molecule has 115 heavy (non-hydrogen) atoms. The number of carbonyl (C=O) groups is 16. The van der Waals surface area contributed by atoms with Gasteiger partial charge < -0.3 is 105 Å². The number of phenolic OH excluding ortho intramolecular Hbond substituents is 1. The van der Waals surface area contributed by atoms with Gasteiger partial charge in [0.2, 0.25) is 82.7 Å². The lowest BCUT2D eigenvalue weighted by molar-refractivity contribution is -0.143. The number of hydrogen-bond acceptors (Lipinski definition) is 21. The third-order valence-corrected chi connectivity index (χ3v) is 22.2. The molecular formula is C76H100N18O19S2. The number of amides is 14. The van der Waals surface area contributed by atoms with Crippen molar-refractivity contribution in [1.82, 2.24) is 89.0 Å². The van der Waals surface area contributed by atoms with E-state index in [1.807, 2.05) is 0 Å². The zero-order valence-electron chi connectivity index (χ0n) is 63.9. The maximum atomic E-state index is 15.3. The van der Waals surface area contributed by atoms with E-state index < -0.39 is 204 Å². The molecule has 2 aromatic heterocycles. The van der Waals surface area contributed by atoms with Gasteiger partial charge in [-0.2, -0.15) is 0 Å². The number of carboxylic acids is 2. The Kier molecular flexibility index (Phi) is 33.7. The van der Waals surface area contributed by atoms with Gasteiger partial charge in [-0.3, -0.25) is 71.9 Å². The van der Waals surface area contributed by atoms with Gasteiger partial charge in [-0.25, -0.2) is 9.78 Å². The highest BCUT2D eigenvalue weighted by Crippen LogP contribution is 2.26. The van der Waals surface area contributed by atoms with Crippen LogP contribution in [0.25, 0.3) is 10.9 Å². The summed E-state index contributed by atoms with van der Waals surface area (Å²) < 4.78 is 0. The molecular weight excluding hydrogens is 1530 g/mol. The quantitative estimate of drug-likeness (QED) is 0.0162. The summed E-state index contributed by atoms with van der Waals surface area (Å²) in [6, 6.07) is 2.43. The van der Waals surface area contributed by atoms with Crippen molar-refractivity contribution in [2.24, 2.45) is 11.7 Å². The van der Waals surface area contributed by atoms with Crippen LogP contribution in [0, 0.1) is 5.92 Å². The van der Waals surface area contributed by atoms with Gasteiger partial charge in [-0.15, -0.1) is 0 Å². The summed E-state index contributed by atoms with van der Waals surface area (Å²) in [6.07, 6.45) is 3.83. The smallest absolute Gasteiger partial charge is 0.326 e. The first-order valence-corrected chi connectivity index (χ1v) is 40.4. The van der Waals surface area contributed by atoms with E-state index in [4.69, 9.17) is 5.73 Å². The molecule has 3 aliphatic rings. The molecule has 5 aromatic rings. The normalized spacial score (nSPS) is 21.4. The summed E-state index contributed by atoms with van der Waals surface area (Å²) in [4.78, 5) is 235. The van der Waals surface area contributed by atoms with Gasteiger partial charge in [0.15, 0.2) is 0 Å². The molecule has 3 aliphatic heterocycles. The second-order valence-corrected chi connectivity index (χ2v) is 31.0. The number of unbranched alkanes of at least 4 members (excludes halogenated alkanes) is 1. The van der Waals surface area contributed by atoms with Crippen LogP contribution < -0.4 is 74.9 Å². The average molecular weight is 1630 g/mol. The fourth-order valence-electron chi connectivity index (χ4n) is 13.1. The molecule has 0 unspecified atom stereocenters. The van der Waals surface area contributed by atoms with E-state index >= 15 is 14.4 Å². The van der Waals surface area contributed by atoms with E-state index in [-0.39, 0.29) is 89.0 Å². The summed E-state index contributed by atoms with van der Waals surface area (Å²) in [6.45, 7) is 5.40. The number of fused-ring (bicyclic) bond motifs is 1. The number of nitrogens with zero attached hydrogens (tertiary/aromatic N) is 2. The van der Waals surface area contributed by atoms with Crippen LogP contribution in [0.2, 0.25) is 0 Å². The van der Waals surface area contributed by atoms with Gasteiger partial charge in [0, 0.05) is 79.9 Å². The zero-order valence-corrected chi connectivity index (χ0v) is 65.6. The minimum atomic E-state index is -1.77. The highest BCUT2D eigenvalue weighted by molar-refractivity contribution is 8.76. The summed E-state index contributed by atoms with van der Waals surface area (Å²) in [5.74, 6) is -16.4. The summed E-state index contributed by atoms with van der Waals surface area (Å²) in [7, 11) is 1.71. The number of H-pyrrole nitrogens is 2. The number of aromatic amines is 2. The van der Waals surface area contributed by atoms with Gasteiger partial charge in [0.05, 0.1) is 18.6 Å². The number of carbonyl (C=O) groups excluding carboxylic acids is 14. The Morgan fingerprint density at radius 1 is 0.626 bits per heavy atom. The van der Waals surface area contributed by atoms with Crippen LogP contribution in [0.4, 0.5) is 0 Å². The first kappa shape index (κ1) is 88.9. The standard InChI is InChI=1S/C76H100N18O19S2/c1-5-40(2)63(76(112)113)93-73(109)58-38-115-114-37-57(91-68(104)52(25-27-62(98)99)86-74(110)59-19-13-29-94(59)75(111)42(4)83-64(100)41(3)82-61(97)36-80-65(101)56(33-46-35-78-39-81-46)90-67(103)51-24-26-60(96)84-51)72(108)88-53(30-43-14-7-6-8-15-43)69(105)89-55(32-45-34-79-49-17-10-9-16-48(45)49)71(107)85-50(18-11-12-28-77)66(102)87-54(70(106)92-58)31-44-20-22-47(95)23-21-44/h6-10,14-17,20-23,34-35,39-42,50-59,63,79,95H,5,11-13,18-19,24-33,36-38,77H2,1-4H3,(H,78,81)(H,80,101)(H,82,97)(H,83,100)(H,84,96)(H,85,107)(H,86,110)(H,87,102)(H,88,108)(H,89,105)(H,90,103)(H,91,104)(H,92,106)(H,93,109)(H,98,99)(H,112,113)/t40-,41-,42-,50-,51-,52-,53-,54-,55-,56-,57-,58-,59-,63-/m0/s1. The average Bonchev–Trinajstić information content (AvgIpc) is 1.76. The third-order valence-electron chi connectivity index (χ3n) is 19.8. The number of para-hydroxylation sites is 1. The molecule has 620 valence electrons. The van der Waals surface area contributed by atoms with E-state index in [2.05, 4.69) is 84.1 Å². The largest absolute Gasteiger partial charge is 0.508 e. The number of aromatic hydroxyl groups is 1. The van der Waals surface area contributed by atoms with E-state index in [1.165, 1.54) is 50.6 Å². The van der Waals surface area contributed by atoms with Crippen molar-refractivity contribution in [1.29, 1.82) is 0 Å². The molecule has 0 saturated carbocycles. The first-order valence-electron chi connectivity index (χ1n) is 37.9. The van der Waals surface area contributed by atoms with Crippen LogP contribution in [0.3, 0.4) is 0 Å². The number of nitrogens with two attached hydrogens (primary N) is 1. The number of imidazole rings is 1. The molecule has 20 N–H and O–H groups in total. The molecule has 0 radical (unpaired) electrons. The SMILES string of the molecule is CC[C@H](C)[C@H](NC(=O)[C@@H]1CSSC[C@H](NC(=O)[C@H](CCC(=O)O)NC(=O)[C@@H]2CCCN2C(=O)[C@H](C)NC(=O)[C@H](C)NC(=O)CNC(=O)[C@H](Cc2c[nH]cn2)NC(=O)[C@@H]2CCC(=O)N2)C(=O)N[C@@H](Cc2ccccc2)C(=O)N[C@@H](Cc2c[nH]c3ccccc23)C(=O)N[C@@H](CCCCN)C(=O)N[C@@H](Cc2ccc(O)cc2)C(=O)N1)C(=O)O. The summed E-state index contributed by atoms with van der Waals surface area (Å²) in [5.41, 5.74) is 8.45. The zero-order chi connectivity index (χ0) is 83.4. The Labute approximate surface area is 669 Å². The minimum Gasteiger partial charge on any atom is -0.508 e. The van der Waals surface area contributed by atoms with Crippen LogP contribution >= 0.6 is 21.6 Å². The lowest BCUT2D eigenvalue weighted by atomic mass is 9.99. The Bertz CT molecular complexity index is 4290. The van der Waals surface area contributed by atoms with Crippen LogP contribution in [-0.4, -0.2) is 239 Å². The van der Waals surface area contributed by atoms with E-state index in [0.29, 0.717) is 46.1 Å². The Hall–Kier alpha value is -11.6. The van der Waals surface area contributed by atoms with Gasteiger partial charge in [-0.1, -0.05) is 103 Å². The summed E-state index contributed by atoms with van der Waals surface area (Å²) in [5, 5.41) is 65.1. The molecule has 14 atom stereocenters. The van der Waals surface area contributed by atoms with E-state index in [1.54, 1.807) is 74.6 Å². The highest BCUT2D eigenvalue weighted by Gasteiger charge is 2.41. The molecule has 3 aromatic carbocycles. The number of hydrogen-bond donors (Lipinski definition) is 19. The third kappa shape index (κ3) is 26.8. The predicted octanol–water partition coefficient (Wildman–Crippen LogP) is -1.85. The van der Waals surface area contributed by atoms with Crippen LogP contribution in [0.1, 0.15) is 114 Å². The van der Waals surface area contributed by atoms with Crippen LogP contribution in [-0.2, 0) is 102 Å². The van der Waals surface area contributed by atoms with Gasteiger partial charge in [0.25, 0.3) is 0 Å². The molecule has 8 rings (SSSR count). The number of carboxylic acid groups (broad SMARTS) is 2. The molecule has 39 heteroatoms. The van der Waals surface area contributed by atoms with Crippen molar-refractivity contribution < 1.29 is 92.0 Å². The second kappa shape index (κ2) is 43.6. The van der Waals surface area contributed by atoms with Crippen molar-refractivity contribution in [3.05, 3.63) is 120 Å². The second-order valence-electron chi connectivity index (χ2n) is 28.5. The Balaban J connectivity index is 1.05. The number of nitrogens with one attached hydrogen (secondary N) is 15. The monoisotopic (exact) mass is 1630 g/mol. The Morgan fingerprint density at radius 2 is 1.25 bits per heavy atom. The van der Waals surface area contributed by atoms with E-state index in [9.17, 15) is 77.6 Å². The molecule has 5 heterocycles. The fraction of sp³-hybridized carbons (Fsp3) is 0.487. The molecule has 3 saturated heterocycles. The summed E-state index contributed by atoms with van der Waals surface area (Å²) >= 11 is 0. The predicted molar refractivity (Wildman–Crippen MR) is 420 cm³/mol. The molecule has 0 aliphatic carbocycles. The maximum Gasteiger partial charge on any atom is 0.326 e. The van der Waals surface area contributed by atoms with Crippen molar-refractivity contribution in [2.45, 2.75) is 196 Å². The number of aromatic nitrogens is 3. The topological polar surface area (TPSA) is 564 Å². The minimum absolute atomic E-state index is 0.0122. The maximum absolute atomic E-state index is 15.3. The van der Waals surface area contributed by atoms with Crippen LogP contribution in [0.15, 0.2) is 97.6 Å². The molecule has 37 nitrogen and oxygen atoms in total. The highest BCUT2D eigenvalue weighted by atomic mass is 33.1.